The van der Waals surface area contributed by atoms with Crippen molar-refractivity contribution in [1.29, 1.82) is 0 Å². The molecule has 0 amide bonds. The van der Waals surface area contributed by atoms with Crippen LogP contribution in [-0.4, -0.2) is 24.2 Å². The van der Waals surface area contributed by atoms with Gasteiger partial charge in [0, 0.05) is 24.9 Å². The number of benzene rings is 2. The number of ether oxygens (including phenoxy) is 1. The van der Waals surface area contributed by atoms with Crippen molar-refractivity contribution >= 4 is 10.8 Å². The Bertz CT molecular complexity index is 803. The van der Waals surface area contributed by atoms with Gasteiger partial charge in [0.05, 0.1) is 12.7 Å². The second-order valence-electron chi connectivity index (χ2n) is 6.42. The van der Waals surface area contributed by atoms with Gasteiger partial charge in [0.1, 0.15) is 0 Å². The molecular weight excluding hydrogens is 296 g/mol. The van der Waals surface area contributed by atoms with E-state index in [9.17, 15) is 0 Å². The van der Waals surface area contributed by atoms with Crippen LogP contribution in [0.3, 0.4) is 0 Å². The summed E-state index contributed by atoms with van der Waals surface area (Å²) < 4.78 is 6.29. The van der Waals surface area contributed by atoms with Gasteiger partial charge in [0.2, 0.25) is 0 Å². The summed E-state index contributed by atoms with van der Waals surface area (Å²) in [7, 11) is 0. The van der Waals surface area contributed by atoms with Gasteiger partial charge in [-0.3, -0.25) is 4.98 Å². The van der Waals surface area contributed by atoms with Crippen molar-refractivity contribution in [3.8, 4) is 0 Å². The van der Waals surface area contributed by atoms with Crippen LogP contribution in [0.25, 0.3) is 10.8 Å². The second-order valence-corrected chi connectivity index (χ2v) is 6.42. The number of rotatable bonds is 4. The minimum atomic E-state index is 0.189. The van der Waals surface area contributed by atoms with E-state index in [2.05, 4.69) is 58.8 Å². The van der Waals surface area contributed by atoms with E-state index >= 15 is 0 Å². The molecule has 1 aromatic heterocycles. The molecule has 3 aromatic rings. The molecule has 0 radical (unpaired) electrons. The molecule has 1 N–H and O–H groups in total. The van der Waals surface area contributed by atoms with Crippen molar-refractivity contribution in [1.82, 2.24) is 10.3 Å². The Morgan fingerprint density at radius 1 is 1.04 bits per heavy atom. The fourth-order valence-corrected chi connectivity index (χ4v) is 3.51. The number of nitrogens with zero attached hydrogens (tertiary/aromatic N) is 1. The smallest absolute Gasteiger partial charge is 0.0773 e. The summed E-state index contributed by atoms with van der Waals surface area (Å²) in [6, 6.07) is 19.2. The van der Waals surface area contributed by atoms with E-state index in [1.165, 1.54) is 21.9 Å². The highest BCUT2D eigenvalue weighted by molar-refractivity contribution is 5.82. The van der Waals surface area contributed by atoms with Crippen molar-refractivity contribution in [3.05, 3.63) is 78.1 Å². The number of pyridine rings is 1. The molecule has 0 aliphatic carbocycles. The van der Waals surface area contributed by atoms with E-state index in [-0.39, 0.29) is 6.10 Å². The zero-order valence-electron chi connectivity index (χ0n) is 13.7. The SMILES string of the molecule is c1cncc(C2CCNCC2OCc2ccc3ccccc3c2)c1. The summed E-state index contributed by atoms with van der Waals surface area (Å²) in [5.41, 5.74) is 2.51. The number of piperidine rings is 1. The van der Waals surface area contributed by atoms with Crippen LogP contribution in [0.1, 0.15) is 23.5 Å². The lowest BCUT2D eigenvalue weighted by Gasteiger charge is -2.32. The van der Waals surface area contributed by atoms with E-state index in [1.54, 1.807) is 0 Å². The number of hydrogen-bond donors (Lipinski definition) is 1. The molecule has 1 aliphatic heterocycles. The van der Waals surface area contributed by atoms with E-state index in [0.717, 1.165) is 19.5 Å². The molecule has 0 spiro atoms. The van der Waals surface area contributed by atoms with Crippen LogP contribution in [0.4, 0.5) is 0 Å². The lowest BCUT2D eigenvalue weighted by Crippen LogP contribution is -2.41. The standard InChI is InChI=1S/C21H22N2O/c1-2-5-18-12-16(7-8-17(18)4-1)15-24-21-14-23-11-9-20(21)19-6-3-10-22-13-19/h1-8,10,12-13,20-21,23H,9,11,14-15H2. The van der Waals surface area contributed by atoms with Crippen LogP contribution >= 0.6 is 0 Å². The van der Waals surface area contributed by atoms with Crippen molar-refractivity contribution in [2.24, 2.45) is 0 Å². The third kappa shape index (κ3) is 3.32. The summed E-state index contributed by atoms with van der Waals surface area (Å²) in [5.74, 6) is 0.417. The average molecular weight is 318 g/mol. The normalized spacial score (nSPS) is 21.0. The molecule has 2 heterocycles. The third-order valence-electron chi connectivity index (χ3n) is 4.82. The molecule has 2 atom stereocenters. The maximum Gasteiger partial charge on any atom is 0.0773 e. The van der Waals surface area contributed by atoms with Gasteiger partial charge in [-0.2, -0.15) is 0 Å². The minimum absolute atomic E-state index is 0.189. The first kappa shape index (κ1) is 15.3. The van der Waals surface area contributed by atoms with Gasteiger partial charge < -0.3 is 10.1 Å². The number of nitrogens with one attached hydrogen (secondary N) is 1. The summed E-state index contributed by atoms with van der Waals surface area (Å²) >= 11 is 0. The monoisotopic (exact) mass is 318 g/mol. The van der Waals surface area contributed by atoms with E-state index in [0.29, 0.717) is 12.5 Å². The van der Waals surface area contributed by atoms with Crippen LogP contribution in [0.2, 0.25) is 0 Å². The maximum absolute atomic E-state index is 6.29. The molecule has 0 saturated carbocycles. The second kappa shape index (κ2) is 7.12. The van der Waals surface area contributed by atoms with Gasteiger partial charge in [0.25, 0.3) is 0 Å². The third-order valence-corrected chi connectivity index (χ3v) is 4.82. The summed E-state index contributed by atoms with van der Waals surface area (Å²) in [6.07, 6.45) is 5.08. The van der Waals surface area contributed by atoms with E-state index in [1.807, 2.05) is 18.5 Å². The van der Waals surface area contributed by atoms with Gasteiger partial charge in [-0.05, 0) is 47.0 Å². The van der Waals surface area contributed by atoms with Crippen LogP contribution < -0.4 is 5.32 Å². The molecule has 122 valence electrons. The first-order valence-electron chi connectivity index (χ1n) is 8.60. The Kier molecular flexibility index (Phi) is 4.54. The molecule has 1 saturated heterocycles. The van der Waals surface area contributed by atoms with Crippen LogP contribution in [0.15, 0.2) is 67.0 Å². The average Bonchev–Trinajstić information content (AvgIpc) is 2.67. The molecule has 1 aliphatic rings. The molecule has 2 aromatic carbocycles. The number of hydrogen-bond acceptors (Lipinski definition) is 3. The van der Waals surface area contributed by atoms with E-state index in [4.69, 9.17) is 4.74 Å². The van der Waals surface area contributed by atoms with Crippen molar-refractivity contribution in [2.75, 3.05) is 13.1 Å². The van der Waals surface area contributed by atoms with Crippen LogP contribution in [-0.2, 0) is 11.3 Å². The van der Waals surface area contributed by atoms with Gasteiger partial charge >= 0.3 is 0 Å². The Morgan fingerprint density at radius 3 is 2.83 bits per heavy atom. The molecule has 4 rings (SSSR count). The minimum Gasteiger partial charge on any atom is -0.372 e. The van der Waals surface area contributed by atoms with E-state index < -0.39 is 0 Å². The first-order valence-corrected chi connectivity index (χ1v) is 8.60. The Morgan fingerprint density at radius 2 is 1.96 bits per heavy atom. The van der Waals surface area contributed by atoms with Crippen molar-refractivity contribution in [3.63, 3.8) is 0 Å². The number of aromatic nitrogens is 1. The maximum atomic E-state index is 6.29. The fraction of sp³-hybridized carbons (Fsp3) is 0.286. The number of fused-ring (bicyclic) bond motifs is 1. The lowest BCUT2D eigenvalue weighted by molar-refractivity contribution is 0.0106. The van der Waals surface area contributed by atoms with Gasteiger partial charge in [0.15, 0.2) is 0 Å². The summed E-state index contributed by atoms with van der Waals surface area (Å²) in [4.78, 5) is 4.27. The van der Waals surface area contributed by atoms with Crippen molar-refractivity contribution in [2.45, 2.75) is 25.0 Å². The predicted octanol–water partition coefficient (Wildman–Crippen LogP) is 3.90. The predicted molar refractivity (Wildman–Crippen MR) is 97.0 cm³/mol. The topological polar surface area (TPSA) is 34.2 Å². The highest BCUT2D eigenvalue weighted by Crippen LogP contribution is 2.28. The molecule has 0 bridgehead atoms. The quantitative estimate of drug-likeness (QED) is 0.792. The fourth-order valence-electron chi connectivity index (χ4n) is 3.51. The first-order chi connectivity index (χ1) is 11.9. The largest absolute Gasteiger partial charge is 0.372 e. The zero-order chi connectivity index (χ0) is 16.2. The lowest BCUT2D eigenvalue weighted by atomic mass is 9.89. The Hall–Kier alpha value is -2.23. The zero-order valence-corrected chi connectivity index (χ0v) is 13.7. The van der Waals surface area contributed by atoms with Crippen molar-refractivity contribution < 1.29 is 4.74 Å². The highest BCUT2D eigenvalue weighted by Gasteiger charge is 2.27. The molecule has 24 heavy (non-hydrogen) atoms. The molecular formula is C21H22N2O. The summed E-state index contributed by atoms with van der Waals surface area (Å²) in [6.45, 7) is 2.58. The molecule has 3 nitrogen and oxygen atoms in total. The van der Waals surface area contributed by atoms with Gasteiger partial charge in [-0.15, -0.1) is 0 Å². The van der Waals surface area contributed by atoms with Crippen LogP contribution in [0, 0.1) is 0 Å². The Labute approximate surface area is 142 Å². The van der Waals surface area contributed by atoms with Gasteiger partial charge in [-0.25, -0.2) is 0 Å². The highest BCUT2D eigenvalue weighted by atomic mass is 16.5. The molecule has 2 unspecified atom stereocenters. The molecule has 1 fully saturated rings. The molecule has 3 heteroatoms. The summed E-state index contributed by atoms with van der Waals surface area (Å²) in [5, 5.41) is 5.99. The Balaban J connectivity index is 1.48. The van der Waals surface area contributed by atoms with Gasteiger partial charge in [-0.1, -0.05) is 42.5 Å². The van der Waals surface area contributed by atoms with Crippen LogP contribution in [0.5, 0.6) is 0 Å².